The van der Waals surface area contributed by atoms with Gasteiger partial charge in [-0.2, -0.15) is 23.0 Å². The maximum atomic E-state index is 13.6. The van der Waals surface area contributed by atoms with Gasteiger partial charge < -0.3 is 21.3 Å². The predicted molar refractivity (Wildman–Crippen MR) is 152 cm³/mol. The number of aromatic nitrogens is 4. The van der Waals surface area contributed by atoms with Gasteiger partial charge in [-0.1, -0.05) is 12.5 Å². The number of halogens is 3. The summed E-state index contributed by atoms with van der Waals surface area (Å²) in [5, 5.41) is 16.9. The molecule has 0 aliphatic heterocycles. The van der Waals surface area contributed by atoms with E-state index in [1.165, 1.54) is 12.4 Å². The van der Waals surface area contributed by atoms with Gasteiger partial charge >= 0.3 is 6.18 Å². The Labute approximate surface area is 235 Å². The van der Waals surface area contributed by atoms with E-state index in [2.05, 4.69) is 36.3 Å². The van der Waals surface area contributed by atoms with Crippen molar-refractivity contribution in [1.82, 2.24) is 25.1 Å². The predicted octanol–water partition coefficient (Wildman–Crippen LogP) is 5.98. The van der Waals surface area contributed by atoms with E-state index < -0.39 is 17.6 Å². The Morgan fingerprint density at radius 3 is 2.56 bits per heavy atom. The zero-order valence-electron chi connectivity index (χ0n) is 22.9. The molecule has 12 heteroatoms. The van der Waals surface area contributed by atoms with Gasteiger partial charge in [0, 0.05) is 48.7 Å². The van der Waals surface area contributed by atoms with Crippen molar-refractivity contribution >= 4 is 28.9 Å². The van der Waals surface area contributed by atoms with Crippen LogP contribution in [-0.4, -0.2) is 38.7 Å². The number of nitrogens with one attached hydrogen (secondary N) is 4. The number of amides is 1. The lowest BCUT2D eigenvalue weighted by atomic mass is 9.93. The van der Waals surface area contributed by atoms with E-state index in [4.69, 9.17) is 0 Å². The van der Waals surface area contributed by atoms with Crippen LogP contribution in [-0.2, 0) is 12.7 Å². The number of hydrogen-bond donors (Lipinski definition) is 4. The minimum absolute atomic E-state index is 0.0573. The summed E-state index contributed by atoms with van der Waals surface area (Å²) in [6.45, 7) is 4.03. The van der Waals surface area contributed by atoms with Gasteiger partial charge in [-0.05, 0) is 68.1 Å². The highest BCUT2D eigenvalue weighted by Crippen LogP contribution is 2.32. The van der Waals surface area contributed by atoms with Crippen LogP contribution in [0.4, 0.5) is 36.2 Å². The van der Waals surface area contributed by atoms with Crippen LogP contribution in [0, 0.1) is 13.8 Å². The molecule has 4 aromatic rings. The summed E-state index contributed by atoms with van der Waals surface area (Å²) < 4.78 is 42.6. The van der Waals surface area contributed by atoms with Crippen molar-refractivity contribution in [1.29, 1.82) is 0 Å². The van der Waals surface area contributed by atoms with E-state index in [0.29, 0.717) is 40.4 Å². The summed E-state index contributed by atoms with van der Waals surface area (Å²) in [5.74, 6) is 1.19. The summed E-state index contributed by atoms with van der Waals surface area (Å²) >= 11 is 0. The number of benzene rings is 2. The van der Waals surface area contributed by atoms with Gasteiger partial charge in [-0.15, -0.1) is 0 Å². The summed E-state index contributed by atoms with van der Waals surface area (Å²) in [6, 6.07) is 12.7. The Morgan fingerprint density at radius 1 is 1.05 bits per heavy atom. The van der Waals surface area contributed by atoms with E-state index in [-0.39, 0.29) is 12.1 Å². The van der Waals surface area contributed by atoms with E-state index in [0.717, 1.165) is 42.7 Å². The number of anilines is 4. The van der Waals surface area contributed by atoms with Gasteiger partial charge in [-0.3, -0.25) is 4.79 Å². The molecule has 1 saturated carbocycles. The molecule has 0 spiro atoms. The monoisotopic (exact) mass is 564 g/mol. The minimum atomic E-state index is -4.57. The van der Waals surface area contributed by atoms with Crippen molar-refractivity contribution in [3.8, 4) is 5.82 Å². The van der Waals surface area contributed by atoms with Crippen molar-refractivity contribution < 1.29 is 18.0 Å². The second kappa shape index (κ2) is 11.6. The van der Waals surface area contributed by atoms with Crippen molar-refractivity contribution in [3.63, 3.8) is 0 Å². The average Bonchev–Trinajstić information content (AvgIpc) is 3.28. The lowest BCUT2D eigenvalue weighted by Gasteiger charge is -2.26. The zero-order chi connectivity index (χ0) is 29.1. The highest BCUT2D eigenvalue weighted by molar-refractivity contribution is 6.04. The SMILES string of the molecule is CNc1cc(-n2nc(C)cc2Nc2cc(NC(=O)c3cc(CNC4CCC4)cc(C(F)(F)F)c3)ccc2C)ncn1. The van der Waals surface area contributed by atoms with Crippen molar-refractivity contribution in [3.05, 3.63) is 82.8 Å². The quantitative estimate of drug-likeness (QED) is 0.198. The van der Waals surface area contributed by atoms with E-state index in [1.54, 1.807) is 29.9 Å². The fourth-order valence-corrected chi connectivity index (χ4v) is 4.50. The lowest BCUT2D eigenvalue weighted by Crippen LogP contribution is -2.34. The number of aryl methyl sites for hydroxylation is 2. The van der Waals surface area contributed by atoms with Crippen LogP contribution in [0.25, 0.3) is 5.82 Å². The van der Waals surface area contributed by atoms with Gasteiger partial charge in [0.1, 0.15) is 18.0 Å². The van der Waals surface area contributed by atoms with Crippen LogP contribution in [0.5, 0.6) is 0 Å². The highest BCUT2D eigenvalue weighted by atomic mass is 19.4. The molecule has 0 radical (unpaired) electrons. The van der Waals surface area contributed by atoms with Gasteiger partial charge in [0.05, 0.1) is 11.3 Å². The summed E-state index contributed by atoms with van der Waals surface area (Å²) in [5.41, 5.74) is 2.26. The van der Waals surface area contributed by atoms with E-state index in [1.807, 2.05) is 26.0 Å². The molecule has 2 heterocycles. The Bertz CT molecular complexity index is 1560. The second-order valence-corrected chi connectivity index (χ2v) is 10.1. The molecule has 1 aliphatic rings. The topological polar surface area (TPSA) is 109 Å². The molecular formula is C29H31F3N8O. The first-order valence-electron chi connectivity index (χ1n) is 13.3. The maximum absolute atomic E-state index is 13.6. The molecule has 0 bridgehead atoms. The molecule has 0 atom stereocenters. The molecule has 1 amide bonds. The zero-order valence-corrected chi connectivity index (χ0v) is 22.9. The first-order valence-corrected chi connectivity index (χ1v) is 13.3. The van der Waals surface area contributed by atoms with Gasteiger partial charge in [-0.25, -0.2) is 9.97 Å². The number of nitrogens with zero attached hydrogens (tertiary/aromatic N) is 4. The van der Waals surface area contributed by atoms with Crippen molar-refractivity contribution in [2.75, 3.05) is 23.0 Å². The second-order valence-electron chi connectivity index (χ2n) is 10.1. The lowest BCUT2D eigenvalue weighted by molar-refractivity contribution is -0.137. The van der Waals surface area contributed by atoms with Gasteiger partial charge in [0.15, 0.2) is 5.82 Å². The summed E-state index contributed by atoms with van der Waals surface area (Å²) in [7, 11) is 1.76. The number of carbonyl (C=O) groups excluding carboxylic acids is 1. The van der Waals surface area contributed by atoms with E-state index in [9.17, 15) is 18.0 Å². The summed E-state index contributed by atoms with van der Waals surface area (Å²) in [6.07, 6.45) is -0.00665. The van der Waals surface area contributed by atoms with Crippen LogP contribution in [0.2, 0.25) is 0 Å². The number of alkyl halides is 3. The van der Waals surface area contributed by atoms with Crippen LogP contribution in [0.3, 0.4) is 0 Å². The molecule has 214 valence electrons. The fourth-order valence-electron chi connectivity index (χ4n) is 4.50. The minimum Gasteiger partial charge on any atom is -0.373 e. The molecule has 9 nitrogen and oxygen atoms in total. The molecule has 4 N–H and O–H groups in total. The number of rotatable bonds is 9. The third kappa shape index (κ3) is 6.65. The van der Waals surface area contributed by atoms with Gasteiger partial charge in [0.25, 0.3) is 5.91 Å². The molecule has 0 saturated heterocycles. The Balaban J connectivity index is 1.38. The van der Waals surface area contributed by atoms with Crippen LogP contribution < -0.4 is 21.3 Å². The largest absolute Gasteiger partial charge is 0.416 e. The first-order chi connectivity index (χ1) is 19.6. The fraction of sp³-hybridized carbons (Fsp3) is 0.310. The standard InChI is InChI=1S/C29H31F3N8O/c1-17-7-8-23(13-24(17)38-27-9-18(2)39-40(27)26-14-25(33-3)35-16-36-26)37-28(41)20-10-19(15-34-22-5-4-6-22)11-21(12-20)29(30,31)32/h7-14,16,22,34,38H,4-6,15H2,1-3H3,(H,37,41)(H,33,35,36). The molecule has 1 fully saturated rings. The van der Waals surface area contributed by atoms with Crippen LogP contribution >= 0.6 is 0 Å². The number of hydrogen-bond acceptors (Lipinski definition) is 7. The van der Waals surface area contributed by atoms with Gasteiger partial charge in [0.2, 0.25) is 0 Å². The van der Waals surface area contributed by atoms with Crippen LogP contribution in [0.15, 0.2) is 54.9 Å². The third-order valence-corrected chi connectivity index (χ3v) is 7.00. The molecule has 2 aromatic carbocycles. The third-order valence-electron chi connectivity index (χ3n) is 7.00. The Hall–Kier alpha value is -4.45. The smallest absolute Gasteiger partial charge is 0.373 e. The summed E-state index contributed by atoms with van der Waals surface area (Å²) in [4.78, 5) is 21.6. The molecule has 41 heavy (non-hydrogen) atoms. The molecule has 2 aromatic heterocycles. The van der Waals surface area contributed by atoms with Crippen LogP contribution in [0.1, 0.15) is 52.0 Å². The van der Waals surface area contributed by atoms with E-state index >= 15 is 0 Å². The normalized spacial score (nSPS) is 13.5. The maximum Gasteiger partial charge on any atom is 0.416 e. The Kier molecular flexibility index (Phi) is 7.93. The highest BCUT2D eigenvalue weighted by Gasteiger charge is 2.32. The number of carbonyl (C=O) groups is 1. The average molecular weight is 565 g/mol. The Morgan fingerprint density at radius 2 is 1.85 bits per heavy atom. The molecule has 1 aliphatic carbocycles. The first kappa shape index (κ1) is 28.1. The molecular weight excluding hydrogens is 533 g/mol. The molecule has 5 rings (SSSR count). The van der Waals surface area contributed by atoms with Crippen molar-refractivity contribution in [2.45, 2.75) is 51.9 Å². The van der Waals surface area contributed by atoms with Crippen molar-refractivity contribution in [2.24, 2.45) is 0 Å². The molecule has 0 unspecified atom stereocenters.